The number of H-pyrrole nitrogens is 1. The predicted molar refractivity (Wildman–Crippen MR) is 175 cm³/mol. The number of aromatic amines is 1. The van der Waals surface area contributed by atoms with E-state index in [1.807, 2.05) is 74.6 Å². The molecule has 11 heteroatoms. The summed E-state index contributed by atoms with van der Waals surface area (Å²) in [6.07, 6.45) is 1.78. The normalized spacial score (nSPS) is 17.5. The molecule has 2 aromatic carbocycles. The van der Waals surface area contributed by atoms with E-state index in [4.69, 9.17) is 14.3 Å². The first kappa shape index (κ1) is 34.2. The van der Waals surface area contributed by atoms with Crippen molar-refractivity contribution in [2.75, 3.05) is 12.0 Å². The van der Waals surface area contributed by atoms with Crippen LogP contribution in [0.1, 0.15) is 66.4 Å². The van der Waals surface area contributed by atoms with Gasteiger partial charge in [-0.25, -0.2) is 4.79 Å². The van der Waals surface area contributed by atoms with Crippen LogP contribution in [0.3, 0.4) is 0 Å². The smallest absolute Gasteiger partial charge is 0.328 e. The molecule has 2 heterocycles. The molecule has 46 heavy (non-hydrogen) atoms. The zero-order valence-electron chi connectivity index (χ0n) is 27.6. The molecule has 3 atom stereocenters. The van der Waals surface area contributed by atoms with Crippen LogP contribution in [0.4, 0.5) is 5.69 Å². The van der Waals surface area contributed by atoms with Crippen molar-refractivity contribution in [2.24, 2.45) is 11.1 Å². The molecule has 3 aromatic rings. The van der Waals surface area contributed by atoms with Crippen molar-refractivity contribution in [3.8, 4) is 0 Å². The van der Waals surface area contributed by atoms with E-state index in [1.165, 1.54) is 7.11 Å². The third kappa shape index (κ3) is 7.75. The number of nitrogens with zero attached hydrogens (tertiary/aromatic N) is 2. The van der Waals surface area contributed by atoms with Crippen LogP contribution in [0.5, 0.6) is 0 Å². The Balaban J connectivity index is 1.70. The molecule has 246 valence electrons. The van der Waals surface area contributed by atoms with Gasteiger partial charge in [-0.3, -0.25) is 14.4 Å². The fraction of sp³-hybridized carbons (Fsp3) is 0.457. The Morgan fingerprint density at radius 3 is 2.37 bits per heavy atom. The van der Waals surface area contributed by atoms with Crippen molar-refractivity contribution < 1.29 is 33.5 Å². The molecule has 0 spiro atoms. The molecule has 1 unspecified atom stereocenters. The molecule has 0 aliphatic carbocycles. The van der Waals surface area contributed by atoms with E-state index >= 15 is 0 Å². The maximum Gasteiger partial charge on any atom is 0.328 e. The summed E-state index contributed by atoms with van der Waals surface area (Å²) in [5.41, 5.74) is 0.536. The monoisotopic (exact) mass is 632 g/mol. The van der Waals surface area contributed by atoms with Crippen molar-refractivity contribution in [2.45, 2.75) is 90.5 Å². The Hall–Kier alpha value is -4.67. The van der Waals surface area contributed by atoms with Gasteiger partial charge in [-0.2, -0.15) is 0 Å². The second-order valence-corrected chi connectivity index (χ2v) is 12.9. The summed E-state index contributed by atoms with van der Waals surface area (Å²) in [5.74, 6) is -2.34. The Kier molecular flexibility index (Phi) is 10.5. The number of aromatic nitrogens is 1. The SMILES string of the molecule is CCC(=O)N(c1c[nH]c2ccccc12)[C@H](C1=NOC(Cc2ccccc2)(C(=O)N[C@@H](CC(=O)OC(C)(C)C)C(=O)OC)C1)C(C)C. The van der Waals surface area contributed by atoms with Gasteiger partial charge >= 0.3 is 11.9 Å². The largest absolute Gasteiger partial charge is 0.467 e. The lowest BCUT2D eigenvalue weighted by Gasteiger charge is -2.34. The standard InChI is InChI=1S/C35H44N4O7/c1-8-29(40)39(28-21-36-25-17-13-12-16-24(25)28)31(22(2)3)27-20-35(46-38-27,19-23-14-10-9-11-15-23)33(43)37-26(32(42)44-7)18-30(41)45-34(4,5)6/h9-17,21-22,26,31,36H,8,18-20H2,1-7H3,(H,37,43)/t26-,31-,35?/m0/s1. The quantitative estimate of drug-likeness (QED) is 0.266. The highest BCUT2D eigenvalue weighted by molar-refractivity contribution is 6.10. The van der Waals surface area contributed by atoms with Gasteiger partial charge in [-0.05, 0) is 38.3 Å². The molecular formula is C35H44N4O7. The van der Waals surface area contributed by atoms with E-state index in [0.29, 0.717) is 11.4 Å². The molecule has 1 aliphatic rings. The molecule has 0 saturated carbocycles. The highest BCUT2D eigenvalue weighted by Gasteiger charge is 2.51. The highest BCUT2D eigenvalue weighted by Crippen LogP contribution is 2.36. The van der Waals surface area contributed by atoms with E-state index in [2.05, 4.69) is 15.5 Å². The number of anilines is 1. The molecule has 0 bridgehead atoms. The molecule has 0 fully saturated rings. The molecular weight excluding hydrogens is 588 g/mol. The molecule has 4 rings (SSSR count). The topological polar surface area (TPSA) is 139 Å². The summed E-state index contributed by atoms with van der Waals surface area (Å²) in [6.45, 7) is 10.9. The van der Waals surface area contributed by atoms with Crippen LogP contribution in [0.15, 0.2) is 65.9 Å². The average molecular weight is 633 g/mol. The zero-order valence-corrected chi connectivity index (χ0v) is 27.6. The maximum atomic E-state index is 14.2. The summed E-state index contributed by atoms with van der Waals surface area (Å²) in [6, 6.07) is 15.2. The molecule has 0 saturated heterocycles. The summed E-state index contributed by atoms with van der Waals surface area (Å²) >= 11 is 0. The summed E-state index contributed by atoms with van der Waals surface area (Å²) in [4.78, 5) is 64.4. The number of nitrogens with one attached hydrogen (secondary N) is 2. The van der Waals surface area contributed by atoms with Crippen molar-refractivity contribution in [3.05, 3.63) is 66.4 Å². The molecule has 1 aromatic heterocycles. The number of hydrogen-bond donors (Lipinski definition) is 2. The van der Waals surface area contributed by atoms with E-state index in [1.54, 1.807) is 32.6 Å². The number of rotatable bonds is 12. The first-order chi connectivity index (χ1) is 21.8. The number of benzene rings is 2. The van der Waals surface area contributed by atoms with Crippen molar-refractivity contribution >= 4 is 46.1 Å². The van der Waals surface area contributed by atoms with Gasteiger partial charge in [0.25, 0.3) is 5.91 Å². The Morgan fingerprint density at radius 2 is 1.74 bits per heavy atom. The van der Waals surface area contributed by atoms with Gasteiger partial charge in [0.05, 0.1) is 31.0 Å². The molecule has 2 N–H and O–H groups in total. The third-order valence-corrected chi connectivity index (χ3v) is 7.78. The van der Waals surface area contributed by atoms with Crippen LogP contribution in [0.25, 0.3) is 10.9 Å². The fourth-order valence-electron chi connectivity index (χ4n) is 5.76. The Labute approximate surface area is 269 Å². The van der Waals surface area contributed by atoms with E-state index < -0.39 is 47.6 Å². The van der Waals surface area contributed by atoms with E-state index in [-0.39, 0.29) is 31.1 Å². The van der Waals surface area contributed by atoms with Crippen LogP contribution >= 0.6 is 0 Å². The highest BCUT2D eigenvalue weighted by atomic mass is 16.7. The maximum absolute atomic E-state index is 14.2. The number of methoxy groups -OCH3 is 1. The van der Waals surface area contributed by atoms with Crippen molar-refractivity contribution in [3.63, 3.8) is 0 Å². The molecule has 11 nitrogen and oxygen atoms in total. The first-order valence-corrected chi connectivity index (χ1v) is 15.6. The molecule has 1 aliphatic heterocycles. The average Bonchev–Trinajstić information content (AvgIpc) is 3.63. The van der Waals surface area contributed by atoms with Crippen molar-refractivity contribution in [1.29, 1.82) is 0 Å². The van der Waals surface area contributed by atoms with Crippen LogP contribution in [-0.4, -0.2) is 64.8 Å². The first-order valence-electron chi connectivity index (χ1n) is 15.6. The second kappa shape index (κ2) is 14.2. The number of ether oxygens (including phenoxy) is 2. The number of esters is 2. The van der Waals surface area contributed by atoms with Gasteiger partial charge in [0, 0.05) is 36.4 Å². The Bertz CT molecular complexity index is 1590. The summed E-state index contributed by atoms with van der Waals surface area (Å²) in [7, 11) is 1.18. The number of para-hydroxylation sites is 1. The van der Waals surface area contributed by atoms with E-state index in [9.17, 15) is 19.2 Å². The van der Waals surface area contributed by atoms with Gasteiger partial charge in [0.15, 0.2) is 0 Å². The van der Waals surface area contributed by atoms with Gasteiger partial charge < -0.3 is 29.5 Å². The lowest BCUT2D eigenvalue weighted by molar-refractivity contribution is -0.160. The minimum Gasteiger partial charge on any atom is -0.467 e. The van der Waals surface area contributed by atoms with Gasteiger partial charge in [-0.1, -0.05) is 74.5 Å². The number of carbonyl (C=O) groups excluding carboxylic acids is 4. The summed E-state index contributed by atoms with van der Waals surface area (Å²) < 4.78 is 10.3. The van der Waals surface area contributed by atoms with E-state index in [0.717, 1.165) is 16.5 Å². The Morgan fingerprint density at radius 1 is 1.07 bits per heavy atom. The lowest BCUT2D eigenvalue weighted by atomic mass is 9.84. The van der Waals surface area contributed by atoms with Crippen LogP contribution in [0, 0.1) is 5.92 Å². The number of amides is 2. The molecule has 2 amide bonds. The molecule has 0 radical (unpaired) electrons. The third-order valence-electron chi connectivity index (χ3n) is 7.78. The minimum atomic E-state index is -1.58. The van der Waals surface area contributed by atoms with Crippen LogP contribution < -0.4 is 10.2 Å². The lowest BCUT2D eigenvalue weighted by Crippen LogP contribution is -2.55. The number of fused-ring (bicyclic) bond motifs is 1. The predicted octanol–water partition coefficient (Wildman–Crippen LogP) is 5.08. The number of oxime groups is 1. The summed E-state index contributed by atoms with van der Waals surface area (Å²) in [5, 5.41) is 8.05. The fourth-order valence-corrected chi connectivity index (χ4v) is 5.76. The van der Waals surface area contributed by atoms with Crippen LogP contribution in [0.2, 0.25) is 0 Å². The van der Waals surface area contributed by atoms with Crippen LogP contribution in [-0.2, 0) is 39.9 Å². The second-order valence-electron chi connectivity index (χ2n) is 12.9. The number of carbonyl (C=O) groups is 4. The minimum absolute atomic E-state index is 0.0345. The van der Waals surface area contributed by atoms with Crippen molar-refractivity contribution in [1.82, 2.24) is 10.3 Å². The number of hydrogen-bond acceptors (Lipinski definition) is 8. The van der Waals surface area contributed by atoms with Gasteiger partial charge in [-0.15, -0.1) is 0 Å². The zero-order chi connectivity index (χ0) is 33.6. The van der Waals surface area contributed by atoms with Gasteiger partial charge in [0.1, 0.15) is 11.6 Å². The van der Waals surface area contributed by atoms with Gasteiger partial charge in [0.2, 0.25) is 11.5 Å².